The Balaban J connectivity index is 2.27. The molecule has 1 aromatic rings. The van der Waals surface area contributed by atoms with Crippen LogP contribution in [0.2, 0.25) is 5.02 Å². The first-order valence-corrected chi connectivity index (χ1v) is 5.78. The van der Waals surface area contributed by atoms with E-state index in [4.69, 9.17) is 16.7 Å². The van der Waals surface area contributed by atoms with Crippen LogP contribution < -0.4 is 4.90 Å². The van der Waals surface area contributed by atoms with Crippen LogP contribution in [-0.4, -0.2) is 54.2 Å². The highest BCUT2D eigenvalue weighted by atomic mass is 35.5. The summed E-state index contributed by atoms with van der Waals surface area (Å²) >= 11 is 6.07. The van der Waals surface area contributed by atoms with E-state index in [1.165, 1.54) is 12.3 Å². The number of piperazine rings is 1. The summed E-state index contributed by atoms with van der Waals surface area (Å²) in [4.78, 5) is 19.4. The van der Waals surface area contributed by atoms with Gasteiger partial charge in [-0.15, -0.1) is 0 Å². The van der Waals surface area contributed by atoms with Crippen molar-refractivity contribution < 1.29 is 9.90 Å². The Labute approximate surface area is 105 Å². The fourth-order valence-electron chi connectivity index (χ4n) is 1.84. The molecule has 1 aromatic heterocycles. The van der Waals surface area contributed by atoms with Gasteiger partial charge in [0, 0.05) is 32.4 Å². The van der Waals surface area contributed by atoms with E-state index in [1.807, 2.05) is 4.90 Å². The predicted octanol–water partition coefficient (Wildman–Crippen LogP) is 1.18. The van der Waals surface area contributed by atoms with Crippen molar-refractivity contribution in [2.75, 3.05) is 38.1 Å². The minimum atomic E-state index is -1.02. The van der Waals surface area contributed by atoms with E-state index in [2.05, 4.69) is 16.9 Å². The summed E-state index contributed by atoms with van der Waals surface area (Å²) in [6, 6.07) is 1.42. The van der Waals surface area contributed by atoms with Crippen molar-refractivity contribution in [1.82, 2.24) is 9.88 Å². The molecule has 1 fully saturated rings. The lowest BCUT2D eigenvalue weighted by Gasteiger charge is -2.33. The molecule has 0 spiro atoms. The molecular formula is C11H14ClN3O2. The number of rotatable bonds is 2. The Morgan fingerprint density at radius 2 is 2.06 bits per heavy atom. The summed E-state index contributed by atoms with van der Waals surface area (Å²) in [5, 5.41) is 9.22. The number of nitrogens with zero attached hydrogens (tertiary/aromatic N) is 3. The molecule has 2 rings (SSSR count). The number of hydrogen-bond acceptors (Lipinski definition) is 4. The van der Waals surface area contributed by atoms with E-state index in [0.717, 1.165) is 26.2 Å². The molecule has 17 heavy (non-hydrogen) atoms. The number of carboxylic acid groups (broad SMARTS) is 1. The lowest BCUT2D eigenvalue weighted by molar-refractivity contribution is 0.0697. The predicted molar refractivity (Wildman–Crippen MR) is 65.9 cm³/mol. The molecule has 6 heteroatoms. The van der Waals surface area contributed by atoms with Gasteiger partial charge in [-0.1, -0.05) is 11.6 Å². The number of hydrogen-bond donors (Lipinski definition) is 1. The average molecular weight is 256 g/mol. The SMILES string of the molecule is CN1CCN(c2nccc(C(=O)O)c2Cl)CC1. The van der Waals surface area contributed by atoms with Gasteiger partial charge in [0.2, 0.25) is 0 Å². The Morgan fingerprint density at radius 1 is 1.41 bits per heavy atom. The maximum atomic E-state index is 11.0. The standard InChI is InChI=1S/C11H14ClN3O2/c1-14-4-6-15(7-5-14)10-9(12)8(11(16)17)2-3-13-10/h2-3H,4-7H2,1H3,(H,16,17). The molecule has 2 heterocycles. The van der Waals surface area contributed by atoms with E-state index < -0.39 is 5.97 Å². The van der Waals surface area contributed by atoms with Crippen LogP contribution in [0.1, 0.15) is 10.4 Å². The largest absolute Gasteiger partial charge is 0.478 e. The van der Waals surface area contributed by atoms with Gasteiger partial charge in [0.1, 0.15) is 5.82 Å². The molecule has 0 amide bonds. The van der Waals surface area contributed by atoms with Crippen LogP contribution in [0, 0.1) is 0 Å². The van der Waals surface area contributed by atoms with Gasteiger partial charge in [0.05, 0.1) is 10.6 Å². The summed E-state index contributed by atoms with van der Waals surface area (Å²) in [7, 11) is 2.06. The minimum Gasteiger partial charge on any atom is -0.478 e. The number of carbonyl (C=O) groups is 1. The maximum absolute atomic E-state index is 11.0. The fraction of sp³-hybridized carbons (Fsp3) is 0.455. The fourth-order valence-corrected chi connectivity index (χ4v) is 2.15. The molecule has 1 aliphatic heterocycles. The van der Waals surface area contributed by atoms with Crippen molar-refractivity contribution in [2.24, 2.45) is 0 Å². The molecule has 1 saturated heterocycles. The van der Waals surface area contributed by atoms with E-state index in [0.29, 0.717) is 5.82 Å². The van der Waals surface area contributed by atoms with E-state index in [-0.39, 0.29) is 10.6 Å². The van der Waals surface area contributed by atoms with Crippen molar-refractivity contribution in [3.8, 4) is 0 Å². The summed E-state index contributed by atoms with van der Waals surface area (Å²) in [5.74, 6) is -0.451. The highest BCUT2D eigenvalue weighted by Gasteiger charge is 2.21. The molecule has 1 aliphatic rings. The van der Waals surface area contributed by atoms with Gasteiger partial charge in [-0.25, -0.2) is 9.78 Å². The molecule has 0 atom stereocenters. The van der Waals surface area contributed by atoms with Crippen LogP contribution in [0.5, 0.6) is 0 Å². The monoisotopic (exact) mass is 255 g/mol. The second-order valence-corrected chi connectivity index (χ2v) is 4.47. The Morgan fingerprint density at radius 3 is 2.65 bits per heavy atom. The summed E-state index contributed by atoms with van der Waals surface area (Å²) in [6.45, 7) is 3.48. The summed E-state index contributed by atoms with van der Waals surface area (Å²) < 4.78 is 0. The third-order valence-corrected chi connectivity index (χ3v) is 3.28. The van der Waals surface area contributed by atoms with E-state index >= 15 is 0 Å². The number of anilines is 1. The molecule has 0 aromatic carbocycles. The first kappa shape index (κ1) is 12.1. The first-order valence-electron chi connectivity index (χ1n) is 5.41. The zero-order chi connectivity index (χ0) is 12.4. The number of carboxylic acids is 1. The van der Waals surface area contributed by atoms with Crippen molar-refractivity contribution >= 4 is 23.4 Å². The van der Waals surface area contributed by atoms with Crippen molar-refractivity contribution in [3.63, 3.8) is 0 Å². The third-order valence-electron chi connectivity index (χ3n) is 2.90. The quantitative estimate of drug-likeness (QED) is 0.860. The minimum absolute atomic E-state index is 0.107. The van der Waals surface area contributed by atoms with Gasteiger partial charge in [0.25, 0.3) is 0 Å². The molecule has 0 unspecified atom stereocenters. The normalized spacial score (nSPS) is 17.2. The van der Waals surface area contributed by atoms with Gasteiger partial charge in [-0.3, -0.25) is 0 Å². The second-order valence-electron chi connectivity index (χ2n) is 4.09. The van der Waals surface area contributed by atoms with Gasteiger partial charge < -0.3 is 14.9 Å². The van der Waals surface area contributed by atoms with Crippen LogP contribution in [-0.2, 0) is 0 Å². The number of aromatic nitrogens is 1. The molecule has 92 valence electrons. The van der Waals surface area contributed by atoms with Crippen LogP contribution >= 0.6 is 11.6 Å². The van der Waals surface area contributed by atoms with Gasteiger partial charge in [0.15, 0.2) is 0 Å². The molecule has 0 saturated carbocycles. The molecule has 0 aliphatic carbocycles. The average Bonchev–Trinajstić information content (AvgIpc) is 2.30. The number of likely N-dealkylation sites (N-methyl/N-ethyl adjacent to an activating group) is 1. The van der Waals surface area contributed by atoms with Crippen molar-refractivity contribution in [3.05, 3.63) is 22.8 Å². The van der Waals surface area contributed by atoms with Crippen molar-refractivity contribution in [1.29, 1.82) is 0 Å². The molecule has 5 nitrogen and oxygen atoms in total. The lowest BCUT2D eigenvalue weighted by Crippen LogP contribution is -2.45. The van der Waals surface area contributed by atoms with Gasteiger partial charge in [-0.05, 0) is 13.1 Å². The lowest BCUT2D eigenvalue weighted by atomic mass is 10.2. The number of pyridine rings is 1. The van der Waals surface area contributed by atoms with E-state index in [1.54, 1.807) is 0 Å². The van der Waals surface area contributed by atoms with Gasteiger partial charge in [-0.2, -0.15) is 0 Å². The smallest absolute Gasteiger partial charge is 0.337 e. The van der Waals surface area contributed by atoms with E-state index in [9.17, 15) is 4.79 Å². The van der Waals surface area contributed by atoms with Crippen LogP contribution in [0.3, 0.4) is 0 Å². The molecule has 0 radical (unpaired) electrons. The number of aromatic carboxylic acids is 1. The topological polar surface area (TPSA) is 56.7 Å². The van der Waals surface area contributed by atoms with Crippen LogP contribution in [0.4, 0.5) is 5.82 Å². The Kier molecular flexibility index (Phi) is 3.49. The van der Waals surface area contributed by atoms with Crippen molar-refractivity contribution in [2.45, 2.75) is 0 Å². The first-order chi connectivity index (χ1) is 8.09. The molecule has 0 bridgehead atoms. The van der Waals surface area contributed by atoms with Crippen LogP contribution in [0.25, 0.3) is 0 Å². The molecule has 1 N–H and O–H groups in total. The van der Waals surface area contributed by atoms with Gasteiger partial charge >= 0.3 is 5.97 Å². The molecular weight excluding hydrogens is 242 g/mol. The summed E-state index contributed by atoms with van der Waals surface area (Å²) in [5.41, 5.74) is 0.107. The Hall–Kier alpha value is -1.33. The van der Waals surface area contributed by atoms with Crippen LogP contribution in [0.15, 0.2) is 12.3 Å². The summed E-state index contributed by atoms with van der Waals surface area (Å²) in [6.07, 6.45) is 1.49. The zero-order valence-corrected chi connectivity index (χ0v) is 10.3. The Bertz CT molecular complexity index is 431. The highest BCUT2D eigenvalue weighted by molar-refractivity contribution is 6.35. The third kappa shape index (κ3) is 2.50. The highest BCUT2D eigenvalue weighted by Crippen LogP contribution is 2.27. The maximum Gasteiger partial charge on any atom is 0.337 e. The number of halogens is 1. The second kappa shape index (κ2) is 4.89. The zero-order valence-electron chi connectivity index (χ0n) is 9.56.